The van der Waals surface area contributed by atoms with Crippen LogP contribution >= 0.6 is 12.2 Å². The Hall–Kier alpha value is -4.05. The number of ether oxygens (including phenoxy) is 2. The molecule has 1 aliphatic rings. The number of nitrogens with one attached hydrogen (secondary N) is 2. The fraction of sp³-hybridized carbons (Fsp3) is 0.240. The number of allylic oxidation sites excluding steroid dienone is 1. The first-order valence-electron chi connectivity index (χ1n) is 11.0. The van der Waals surface area contributed by atoms with Gasteiger partial charge < -0.3 is 29.7 Å². The first-order valence-corrected chi connectivity index (χ1v) is 11.4. The zero-order valence-electron chi connectivity index (χ0n) is 19.8. The van der Waals surface area contributed by atoms with Crippen LogP contribution < -0.4 is 25.0 Å². The summed E-state index contributed by atoms with van der Waals surface area (Å²) in [6.45, 7) is 5.77. The lowest BCUT2D eigenvalue weighted by molar-refractivity contribution is -0.113. The van der Waals surface area contributed by atoms with Gasteiger partial charge in [0.15, 0.2) is 22.4 Å². The summed E-state index contributed by atoms with van der Waals surface area (Å²) in [7, 11) is 1.58. The maximum atomic E-state index is 13.6. The standard InChI is InChI=1S/C25H26N4O5S/c1-5-33-20-13-16(10-11-18(20)30)23-22(24(31)26-21-12-14(2)34-28-21)15(3)29(25(35)27-23)17-8-6-7-9-19(17)32-4/h6-13,23,30H,5H2,1-4H3,(H,27,35)(H,26,28,31). The highest BCUT2D eigenvalue weighted by Gasteiger charge is 2.36. The third-order valence-corrected chi connectivity index (χ3v) is 5.84. The molecule has 0 aliphatic carbocycles. The van der Waals surface area contributed by atoms with E-state index in [4.69, 9.17) is 26.2 Å². The predicted octanol–water partition coefficient (Wildman–Crippen LogP) is 4.44. The molecule has 1 amide bonds. The molecule has 4 rings (SSSR count). The molecule has 0 bridgehead atoms. The Balaban J connectivity index is 1.84. The molecule has 9 nitrogen and oxygen atoms in total. The van der Waals surface area contributed by atoms with Crippen LogP contribution in [-0.2, 0) is 4.79 Å². The number of hydrogen-bond donors (Lipinski definition) is 3. The van der Waals surface area contributed by atoms with Crippen LogP contribution in [0.5, 0.6) is 17.2 Å². The number of para-hydroxylation sites is 2. The highest BCUT2D eigenvalue weighted by Crippen LogP contribution is 2.39. The van der Waals surface area contributed by atoms with E-state index in [2.05, 4.69) is 15.8 Å². The zero-order chi connectivity index (χ0) is 25.1. The molecule has 3 aromatic rings. The van der Waals surface area contributed by atoms with Crippen molar-refractivity contribution in [2.75, 3.05) is 23.9 Å². The molecule has 0 spiro atoms. The van der Waals surface area contributed by atoms with Gasteiger partial charge in [-0.3, -0.25) is 9.69 Å². The third-order valence-electron chi connectivity index (χ3n) is 5.54. The number of carbonyl (C=O) groups is 1. The van der Waals surface area contributed by atoms with Gasteiger partial charge in [0.1, 0.15) is 11.5 Å². The Labute approximate surface area is 208 Å². The average molecular weight is 495 g/mol. The lowest BCUT2D eigenvalue weighted by atomic mass is 9.93. The van der Waals surface area contributed by atoms with Crippen LogP contribution in [0.25, 0.3) is 0 Å². The molecule has 1 atom stereocenters. The summed E-state index contributed by atoms with van der Waals surface area (Å²) in [5, 5.41) is 20.5. The summed E-state index contributed by atoms with van der Waals surface area (Å²) in [6.07, 6.45) is 0. The molecule has 2 heterocycles. The second kappa shape index (κ2) is 10.1. The monoisotopic (exact) mass is 494 g/mol. The summed E-state index contributed by atoms with van der Waals surface area (Å²) < 4.78 is 16.2. The number of carbonyl (C=O) groups excluding carboxylic acids is 1. The molecule has 0 saturated heterocycles. The number of anilines is 2. The molecule has 35 heavy (non-hydrogen) atoms. The van der Waals surface area contributed by atoms with Crippen molar-refractivity contribution in [1.82, 2.24) is 10.5 Å². The van der Waals surface area contributed by atoms with Crippen molar-refractivity contribution in [1.29, 1.82) is 0 Å². The maximum Gasteiger partial charge on any atom is 0.257 e. The van der Waals surface area contributed by atoms with E-state index in [0.717, 1.165) is 0 Å². The lowest BCUT2D eigenvalue weighted by Crippen LogP contribution is -2.48. The second-order valence-corrected chi connectivity index (χ2v) is 8.21. The van der Waals surface area contributed by atoms with Crippen molar-refractivity contribution in [3.63, 3.8) is 0 Å². The van der Waals surface area contributed by atoms with E-state index in [9.17, 15) is 9.90 Å². The zero-order valence-corrected chi connectivity index (χ0v) is 20.6. The van der Waals surface area contributed by atoms with Crippen LogP contribution in [-0.4, -0.2) is 35.0 Å². The SMILES string of the molecule is CCOc1cc(C2NC(=S)N(c3ccccc3OC)C(C)=C2C(=O)Nc2cc(C)on2)ccc1O. The average Bonchev–Trinajstić information content (AvgIpc) is 3.24. The van der Waals surface area contributed by atoms with Crippen molar-refractivity contribution >= 4 is 34.7 Å². The first-order chi connectivity index (χ1) is 16.8. The fourth-order valence-electron chi connectivity index (χ4n) is 3.98. The van der Waals surface area contributed by atoms with Crippen molar-refractivity contribution in [3.05, 3.63) is 71.1 Å². The number of phenolic OH excluding ortho intramolecular Hbond substituents is 1. The molecule has 0 saturated carbocycles. The predicted molar refractivity (Wildman–Crippen MR) is 136 cm³/mol. The fourth-order valence-corrected chi connectivity index (χ4v) is 4.34. The number of thiocarbonyl (C=S) groups is 1. The summed E-state index contributed by atoms with van der Waals surface area (Å²) >= 11 is 5.74. The quantitative estimate of drug-likeness (QED) is 0.411. The van der Waals surface area contributed by atoms with E-state index in [-0.39, 0.29) is 11.7 Å². The van der Waals surface area contributed by atoms with Gasteiger partial charge in [-0.1, -0.05) is 23.4 Å². The summed E-state index contributed by atoms with van der Waals surface area (Å²) in [6, 6.07) is 13.4. The van der Waals surface area contributed by atoms with E-state index >= 15 is 0 Å². The molecular weight excluding hydrogens is 468 g/mol. The van der Waals surface area contributed by atoms with E-state index in [1.807, 2.05) is 38.1 Å². The van der Waals surface area contributed by atoms with Gasteiger partial charge in [-0.05, 0) is 62.8 Å². The van der Waals surface area contributed by atoms with Crippen molar-refractivity contribution < 1.29 is 23.9 Å². The van der Waals surface area contributed by atoms with E-state index in [0.29, 0.717) is 57.3 Å². The summed E-state index contributed by atoms with van der Waals surface area (Å²) in [4.78, 5) is 15.4. The normalized spacial score (nSPS) is 15.6. The van der Waals surface area contributed by atoms with Crippen molar-refractivity contribution in [2.45, 2.75) is 26.8 Å². The molecule has 182 valence electrons. The van der Waals surface area contributed by atoms with Crippen molar-refractivity contribution in [3.8, 4) is 17.2 Å². The molecule has 10 heteroatoms. The van der Waals surface area contributed by atoms with Crippen molar-refractivity contribution in [2.24, 2.45) is 0 Å². The van der Waals surface area contributed by atoms with Gasteiger partial charge in [0.2, 0.25) is 0 Å². The molecule has 1 unspecified atom stereocenters. The number of phenols is 1. The van der Waals surface area contributed by atoms with Gasteiger partial charge in [-0.25, -0.2) is 0 Å². The third kappa shape index (κ3) is 4.78. The number of benzene rings is 2. The number of amides is 1. The van der Waals surface area contributed by atoms with E-state index in [1.165, 1.54) is 6.07 Å². The van der Waals surface area contributed by atoms with E-state index < -0.39 is 6.04 Å². The Kier molecular flexibility index (Phi) is 6.92. The number of methoxy groups -OCH3 is 1. The Morgan fingerprint density at radius 3 is 2.69 bits per heavy atom. The van der Waals surface area contributed by atoms with Crippen LogP contribution in [0.1, 0.15) is 31.2 Å². The van der Waals surface area contributed by atoms with Crippen LogP contribution in [0.2, 0.25) is 0 Å². The van der Waals surface area contributed by atoms with Crippen LogP contribution in [0.4, 0.5) is 11.5 Å². The highest BCUT2D eigenvalue weighted by molar-refractivity contribution is 7.80. The largest absolute Gasteiger partial charge is 0.504 e. The van der Waals surface area contributed by atoms with Crippen LogP contribution in [0, 0.1) is 6.92 Å². The molecule has 1 aliphatic heterocycles. The second-order valence-electron chi connectivity index (χ2n) is 7.83. The topological polar surface area (TPSA) is 109 Å². The van der Waals surface area contributed by atoms with Crippen LogP contribution in [0.15, 0.2) is 64.3 Å². The maximum absolute atomic E-state index is 13.6. The van der Waals surface area contributed by atoms with Gasteiger partial charge in [0.05, 0.1) is 31.0 Å². The van der Waals surface area contributed by atoms with Crippen LogP contribution in [0.3, 0.4) is 0 Å². The van der Waals surface area contributed by atoms with Gasteiger partial charge in [0.25, 0.3) is 5.91 Å². The number of aromatic nitrogens is 1. The Morgan fingerprint density at radius 2 is 2.00 bits per heavy atom. The first kappa shape index (κ1) is 24.1. The summed E-state index contributed by atoms with van der Waals surface area (Å²) in [5.74, 6) is 1.40. The molecule has 2 aromatic carbocycles. The molecule has 3 N–H and O–H groups in total. The Morgan fingerprint density at radius 1 is 1.23 bits per heavy atom. The number of nitrogens with zero attached hydrogens (tertiary/aromatic N) is 2. The smallest absolute Gasteiger partial charge is 0.257 e. The van der Waals surface area contributed by atoms with Gasteiger partial charge in [-0.2, -0.15) is 0 Å². The van der Waals surface area contributed by atoms with Gasteiger partial charge in [0, 0.05) is 11.8 Å². The minimum absolute atomic E-state index is 0.00871. The summed E-state index contributed by atoms with van der Waals surface area (Å²) in [5.41, 5.74) is 2.38. The lowest BCUT2D eigenvalue weighted by Gasteiger charge is -2.38. The number of aryl methyl sites for hydroxylation is 1. The molecular formula is C25H26N4O5S. The highest BCUT2D eigenvalue weighted by atomic mass is 32.1. The number of hydrogen-bond acceptors (Lipinski definition) is 7. The van der Waals surface area contributed by atoms with Gasteiger partial charge >= 0.3 is 0 Å². The number of aromatic hydroxyl groups is 1. The van der Waals surface area contributed by atoms with Gasteiger partial charge in [-0.15, -0.1) is 0 Å². The molecule has 1 aromatic heterocycles. The van der Waals surface area contributed by atoms with E-state index in [1.54, 1.807) is 37.1 Å². The molecule has 0 radical (unpaired) electrons. The molecule has 0 fully saturated rings. The Bertz CT molecular complexity index is 1300. The number of rotatable bonds is 7. The minimum Gasteiger partial charge on any atom is -0.504 e. The minimum atomic E-state index is -0.624.